The number of anilines is 2. The molecule has 3 aromatic carbocycles. The minimum atomic E-state index is -1.12. The van der Waals surface area contributed by atoms with Gasteiger partial charge in [0.15, 0.2) is 5.60 Å². The smallest absolute Gasteiger partial charge is 0.340 e. The summed E-state index contributed by atoms with van der Waals surface area (Å²) in [5, 5.41) is 19.0. The maximum absolute atomic E-state index is 13.0. The molecule has 3 aromatic rings. The van der Waals surface area contributed by atoms with Crippen molar-refractivity contribution < 1.29 is 24.5 Å². The zero-order valence-corrected chi connectivity index (χ0v) is 20.0. The molecular weight excluding hydrogens is 456 g/mol. The average Bonchev–Trinajstić information content (AvgIpc) is 3.18. The number of likely N-dealkylation sites (N-methyl/N-ethyl adjacent to an activating group) is 2. The van der Waals surface area contributed by atoms with E-state index in [4.69, 9.17) is 9.47 Å². The van der Waals surface area contributed by atoms with Gasteiger partial charge in [-0.2, -0.15) is 0 Å². The minimum Gasteiger partial charge on any atom is -0.456 e. The lowest BCUT2D eigenvalue weighted by molar-refractivity contribution is 0.0224. The molecule has 0 fully saturated rings. The summed E-state index contributed by atoms with van der Waals surface area (Å²) < 4.78 is 12.7. The second-order valence-electron chi connectivity index (χ2n) is 8.69. The zero-order chi connectivity index (χ0) is 24.6. The van der Waals surface area contributed by atoms with Crippen LogP contribution in [0.2, 0.25) is 0 Å². The lowest BCUT2D eigenvalue weighted by Gasteiger charge is -2.38. The standard InChI is InChI=1S/C28H30N2O5.CH4/c1-3-29(13-15-31)19-9-11-23-25(17-19)34-26-18-20(30(4-2)14-16-32)10-12-24(26)28(23)22-8-6-5-7-21(22)27(33)35-28;/h5-12,17-18,31-32H,3-4,13-16H2,1-2H3;1H4. The van der Waals surface area contributed by atoms with E-state index in [1.807, 2.05) is 68.4 Å². The second kappa shape index (κ2) is 10.2. The van der Waals surface area contributed by atoms with Gasteiger partial charge in [-0.05, 0) is 44.2 Å². The topological polar surface area (TPSA) is 82.5 Å². The summed E-state index contributed by atoms with van der Waals surface area (Å²) in [6, 6.07) is 19.3. The van der Waals surface area contributed by atoms with Crippen molar-refractivity contribution in [1.29, 1.82) is 0 Å². The van der Waals surface area contributed by atoms with Gasteiger partial charge in [-0.25, -0.2) is 4.79 Å². The van der Waals surface area contributed by atoms with Crippen molar-refractivity contribution in [1.82, 2.24) is 0 Å². The summed E-state index contributed by atoms with van der Waals surface area (Å²) in [5.74, 6) is 0.856. The molecule has 0 aliphatic carbocycles. The Labute approximate surface area is 212 Å². The third-order valence-corrected chi connectivity index (χ3v) is 6.91. The van der Waals surface area contributed by atoms with Gasteiger partial charge in [0, 0.05) is 66.4 Å². The number of aliphatic hydroxyl groups excluding tert-OH is 2. The highest BCUT2D eigenvalue weighted by Gasteiger charge is 2.53. The van der Waals surface area contributed by atoms with Crippen LogP contribution in [0.4, 0.5) is 11.4 Å². The first-order valence-corrected chi connectivity index (χ1v) is 12.1. The maximum Gasteiger partial charge on any atom is 0.340 e. The van der Waals surface area contributed by atoms with E-state index >= 15 is 0 Å². The first-order chi connectivity index (χ1) is 17.1. The molecule has 1 spiro atoms. The Morgan fingerprint density at radius 3 is 1.81 bits per heavy atom. The van der Waals surface area contributed by atoms with Crippen LogP contribution in [0.15, 0.2) is 60.7 Å². The first kappa shape index (κ1) is 25.5. The number of hydrogen-bond donors (Lipinski definition) is 2. The molecule has 0 radical (unpaired) electrons. The molecule has 36 heavy (non-hydrogen) atoms. The molecule has 5 rings (SSSR count). The number of fused-ring (bicyclic) bond motifs is 6. The van der Waals surface area contributed by atoms with E-state index in [0.717, 1.165) is 41.2 Å². The van der Waals surface area contributed by atoms with Crippen molar-refractivity contribution in [3.8, 4) is 11.5 Å². The molecule has 2 aliphatic heterocycles. The van der Waals surface area contributed by atoms with Crippen molar-refractivity contribution in [3.05, 3.63) is 82.9 Å². The van der Waals surface area contributed by atoms with Crippen LogP contribution < -0.4 is 14.5 Å². The fourth-order valence-electron chi connectivity index (χ4n) is 5.23. The SMILES string of the molecule is C.CCN(CCO)c1ccc2c(c1)Oc1cc(N(CC)CCO)ccc1C21OC(=O)c2ccccc21. The van der Waals surface area contributed by atoms with Gasteiger partial charge in [-0.15, -0.1) is 0 Å². The molecule has 2 heterocycles. The largest absolute Gasteiger partial charge is 0.456 e. The minimum absolute atomic E-state index is 0. The van der Waals surface area contributed by atoms with Crippen LogP contribution in [0.1, 0.15) is 48.3 Å². The third-order valence-electron chi connectivity index (χ3n) is 6.91. The van der Waals surface area contributed by atoms with Crippen LogP contribution in [-0.2, 0) is 10.3 Å². The van der Waals surface area contributed by atoms with Gasteiger partial charge in [0.2, 0.25) is 0 Å². The summed E-state index contributed by atoms with van der Waals surface area (Å²) >= 11 is 0. The molecular formula is C29H34N2O5. The summed E-state index contributed by atoms with van der Waals surface area (Å²) in [7, 11) is 0. The highest BCUT2D eigenvalue weighted by atomic mass is 16.6. The van der Waals surface area contributed by atoms with E-state index in [-0.39, 0.29) is 26.6 Å². The number of carbonyl (C=O) groups is 1. The van der Waals surface area contributed by atoms with Gasteiger partial charge >= 0.3 is 5.97 Å². The van der Waals surface area contributed by atoms with Crippen molar-refractivity contribution in [3.63, 3.8) is 0 Å². The van der Waals surface area contributed by atoms with E-state index in [1.54, 1.807) is 6.07 Å². The van der Waals surface area contributed by atoms with Crippen LogP contribution in [0, 0.1) is 0 Å². The molecule has 0 amide bonds. The summed E-state index contributed by atoms with van der Waals surface area (Å²) in [6.07, 6.45) is 0. The molecule has 0 saturated heterocycles. The van der Waals surface area contributed by atoms with Gasteiger partial charge in [0.25, 0.3) is 0 Å². The van der Waals surface area contributed by atoms with E-state index in [2.05, 4.69) is 9.80 Å². The number of esters is 1. The number of rotatable bonds is 8. The first-order valence-electron chi connectivity index (χ1n) is 12.1. The van der Waals surface area contributed by atoms with E-state index in [9.17, 15) is 15.0 Å². The van der Waals surface area contributed by atoms with Gasteiger partial charge in [0.05, 0.1) is 18.8 Å². The van der Waals surface area contributed by atoms with Crippen LogP contribution in [0.3, 0.4) is 0 Å². The normalized spacial score (nSPS) is 14.2. The van der Waals surface area contributed by atoms with E-state index in [0.29, 0.717) is 30.2 Å². The van der Waals surface area contributed by atoms with Crippen molar-refractivity contribution in [2.75, 3.05) is 49.2 Å². The Bertz CT molecular complexity index is 1190. The lowest BCUT2D eigenvalue weighted by atomic mass is 9.77. The molecule has 7 heteroatoms. The van der Waals surface area contributed by atoms with Crippen LogP contribution in [-0.4, -0.2) is 55.6 Å². The van der Waals surface area contributed by atoms with Crippen molar-refractivity contribution >= 4 is 17.3 Å². The predicted molar refractivity (Wildman–Crippen MR) is 141 cm³/mol. The van der Waals surface area contributed by atoms with Crippen LogP contribution in [0.5, 0.6) is 11.5 Å². The molecule has 7 nitrogen and oxygen atoms in total. The number of carbonyl (C=O) groups excluding carboxylic acids is 1. The van der Waals surface area contributed by atoms with Crippen molar-refractivity contribution in [2.24, 2.45) is 0 Å². The highest BCUT2D eigenvalue weighted by molar-refractivity contribution is 5.97. The quantitative estimate of drug-likeness (QED) is 0.449. The summed E-state index contributed by atoms with van der Waals surface area (Å²) in [5.41, 5.74) is 3.60. The Morgan fingerprint density at radius 2 is 1.31 bits per heavy atom. The summed E-state index contributed by atoms with van der Waals surface area (Å²) in [6.45, 7) is 6.64. The van der Waals surface area contributed by atoms with Gasteiger partial charge in [-0.3, -0.25) is 0 Å². The van der Waals surface area contributed by atoms with Gasteiger partial charge in [-0.1, -0.05) is 25.6 Å². The number of nitrogens with zero attached hydrogens (tertiary/aromatic N) is 2. The molecule has 2 N–H and O–H groups in total. The fraction of sp³-hybridized carbons (Fsp3) is 0.345. The Balaban J connectivity index is 0.00000304. The molecule has 2 aliphatic rings. The molecule has 0 saturated carbocycles. The molecule has 0 atom stereocenters. The molecule has 0 aromatic heterocycles. The number of aliphatic hydroxyl groups is 2. The number of hydrogen-bond acceptors (Lipinski definition) is 7. The predicted octanol–water partition coefficient (Wildman–Crippen LogP) is 4.53. The fourth-order valence-corrected chi connectivity index (χ4v) is 5.23. The van der Waals surface area contributed by atoms with Crippen molar-refractivity contribution in [2.45, 2.75) is 26.9 Å². The monoisotopic (exact) mass is 490 g/mol. The molecule has 0 unspecified atom stereocenters. The highest BCUT2D eigenvalue weighted by Crippen LogP contribution is 2.57. The van der Waals surface area contributed by atoms with E-state index < -0.39 is 5.60 Å². The van der Waals surface area contributed by atoms with Gasteiger partial charge in [0.1, 0.15) is 11.5 Å². The zero-order valence-electron chi connectivity index (χ0n) is 20.0. The molecule has 190 valence electrons. The average molecular weight is 491 g/mol. The lowest BCUT2D eigenvalue weighted by Crippen LogP contribution is -2.34. The number of ether oxygens (including phenoxy) is 2. The van der Waals surface area contributed by atoms with Crippen LogP contribution >= 0.6 is 0 Å². The van der Waals surface area contributed by atoms with Crippen LogP contribution in [0.25, 0.3) is 0 Å². The second-order valence-corrected chi connectivity index (χ2v) is 8.69. The Hall–Kier alpha value is -3.55. The maximum atomic E-state index is 13.0. The van der Waals surface area contributed by atoms with E-state index in [1.165, 1.54) is 0 Å². The third kappa shape index (κ3) is 3.88. The van der Waals surface area contributed by atoms with Gasteiger partial charge < -0.3 is 29.5 Å². The Kier molecular flexibility index (Phi) is 7.24. The number of benzene rings is 3. The Morgan fingerprint density at radius 1 is 0.778 bits per heavy atom. The molecule has 0 bridgehead atoms. The summed E-state index contributed by atoms with van der Waals surface area (Å²) in [4.78, 5) is 17.2.